The summed E-state index contributed by atoms with van der Waals surface area (Å²) in [5, 5.41) is 2.79. The summed E-state index contributed by atoms with van der Waals surface area (Å²) in [5.74, 6) is -0.205. The second kappa shape index (κ2) is 10.4. The van der Waals surface area contributed by atoms with Gasteiger partial charge in [-0.25, -0.2) is 8.42 Å². The third-order valence-corrected chi connectivity index (χ3v) is 5.80. The highest BCUT2D eigenvalue weighted by molar-refractivity contribution is 7.89. The van der Waals surface area contributed by atoms with Crippen LogP contribution in [0.25, 0.3) is 0 Å². The lowest BCUT2D eigenvalue weighted by Gasteiger charge is -2.22. The first kappa shape index (κ1) is 22.9. The summed E-state index contributed by atoms with van der Waals surface area (Å²) in [5.41, 5.74) is 1.61. The van der Waals surface area contributed by atoms with E-state index in [2.05, 4.69) is 10.0 Å². The predicted molar refractivity (Wildman–Crippen MR) is 111 cm³/mol. The van der Waals surface area contributed by atoms with Crippen LogP contribution in [0, 0.1) is 6.92 Å². The average molecular weight is 421 g/mol. The Morgan fingerprint density at radius 2 is 1.79 bits per heavy atom. The predicted octanol–water partition coefficient (Wildman–Crippen LogP) is 2.04. The van der Waals surface area contributed by atoms with Gasteiger partial charge in [-0.1, -0.05) is 36.4 Å². The fourth-order valence-electron chi connectivity index (χ4n) is 2.92. The molecule has 0 bridgehead atoms. The monoisotopic (exact) mass is 420 g/mol. The lowest BCUT2D eigenvalue weighted by molar-refractivity contribution is -0.123. The van der Waals surface area contributed by atoms with Gasteiger partial charge in [0.1, 0.15) is 16.7 Å². The van der Waals surface area contributed by atoms with Crippen molar-refractivity contribution >= 4 is 15.9 Å². The van der Waals surface area contributed by atoms with Crippen LogP contribution in [0.4, 0.5) is 0 Å². The van der Waals surface area contributed by atoms with E-state index in [1.807, 2.05) is 30.3 Å². The van der Waals surface area contributed by atoms with Crippen molar-refractivity contribution < 1.29 is 22.7 Å². The zero-order chi connectivity index (χ0) is 21.4. The van der Waals surface area contributed by atoms with Gasteiger partial charge in [0.2, 0.25) is 15.9 Å². The Kier molecular flexibility index (Phi) is 8.19. The van der Waals surface area contributed by atoms with Crippen LogP contribution in [-0.2, 0) is 26.0 Å². The normalized spacial score (nSPS) is 13.5. The van der Waals surface area contributed by atoms with Gasteiger partial charge in [0.25, 0.3) is 0 Å². The van der Waals surface area contributed by atoms with Crippen LogP contribution < -0.4 is 14.8 Å². The molecular weight excluding hydrogens is 392 g/mol. The Morgan fingerprint density at radius 3 is 2.41 bits per heavy atom. The second-order valence-electron chi connectivity index (χ2n) is 6.88. The second-order valence-corrected chi connectivity index (χ2v) is 8.57. The van der Waals surface area contributed by atoms with E-state index in [1.54, 1.807) is 26.0 Å². The van der Waals surface area contributed by atoms with Crippen LogP contribution in [0.2, 0.25) is 0 Å². The lowest BCUT2D eigenvalue weighted by atomic mass is 10.1. The van der Waals surface area contributed by atoms with Crippen molar-refractivity contribution in [3.63, 3.8) is 0 Å². The molecule has 29 heavy (non-hydrogen) atoms. The molecule has 0 aromatic heterocycles. The molecule has 8 heteroatoms. The molecule has 158 valence electrons. The number of carbonyl (C=O) groups is 1. The van der Waals surface area contributed by atoms with Crippen molar-refractivity contribution in [3.8, 4) is 5.75 Å². The molecule has 2 aromatic rings. The molecule has 0 heterocycles. The van der Waals surface area contributed by atoms with E-state index in [1.165, 1.54) is 20.3 Å². The van der Waals surface area contributed by atoms with Crippen molar-refractivity contribution in [2.24, 2.45) is 0 Å². The molecule has 0 aliphatic carbocycles. The number of amides is 1. The first-order valence-electron chi connectivity index (χ1n) is 9.27. The van der Waals surface area contributed by atoms with Gasteiger partial charge < -0.3 is 14.8 Å². The number of rotatable bonds is 10. The van der Waals surface area contributed by atoms with E-state index < -0.39 is 22.0 Å². The van der Waals surface area contributed by atoms with E-state index in [-0.39, 0.29) is 23.1 Å². The lowest BCUT2D eigenvalue weighted by Crippen LogP contribution is -2.50. The third kappa shape index (κ3) is 6.56. The standard InChI is InChI=1S/C21H28N2O5S/c1-15-10-11-19(28-4)20(12-15)29(25,26)23-18(13-17-8-6-5-7-9-17)21(24)22-16(2)14-27-3/h5-12,16,18,23H,13-14H2,1-4H3,(H,22,24)/t16-,18+/m0/s1. The number of benzene rings is 2. The molecule has 0 fully saturated rings. The van der Waals surface area contributed by atoms with Gasteiger partial charge >= 0.3 is 0 Å². The summed E-state index contributed by atoms with van der Waals surface area (Å²) < 4.78 is 39.0. The Labute approximate surface area is 172 Å². The number of hydrogen-bond donors (Lipinski definition) is 2. The maximum atomic E-state index is 13.1. The number of aryl methyl sites for hydroxylation is 1. The molecule has 1 amide bonds. The van der Waals surface area contributed by atoms with Crippen molar-refractivity contribution in [1.29, 1.82) is 0 Å². The molecule has 2 aromatic carbocycles. The van der Waals surface area contributed by atoms with E-state index >= 15 is 0 Å². The Balaban J connectivity index is 2.32. The minimum Gasteiger partial charge on any atom is -0.495 e. The Bertz CT molecular complexity index is 916. The summed E-state index contributed by atoms with van der Waals surface area (Å²) in [6.07, 6.45) is 0.208. The number of sulfonamides is 1. The van der Waals surface area contributed by atoms with Gasteiger partial charge in [-0.2, -0.15) is 4.72 Å². The molecule has 0 radical (unpaired) electrons. The minimum atomic E-state index is -4.01. The highest BCUT2D eigenvalue weighted by Crippen LogP contribution is 2.25. The summed E-state index contributed by atoms with van der Waals surface area (Å²) in [6, 6.07) is 12.9. The van der Waals surface area contributed by atoms with Crippen molar-refractivity contribution in [3.05, 3.63) is 59.7 Å². The maximum absolute atomic E-state index is 13.1. The van der Waals surface area contributed by atoms with Gasteiger partial charge in [0.05, 0.1) is 13.7 Å². The van der Waals surface area contributed by atoms with Crippen LogP contribution in [0.1, 0.15) is 18.1 Å². The number of carbonyl (C=O) groups excluding carboxylic acids is 1. The molecular formula is C21H28N2O5S. The summed E-state index contributed by atoms with van der Waals surface area (Å²) >= 11 is 0. The quantitative estimate of drug-likeness (QED) is 0.614. The number of hydrogen-bond acceptors (Lipinski definition) is 5. The summed E-state index contributed by atoms with van der Waals surface area (Å²) in [4.78, 5) is 12.8. The first-order valence-corrected chi connectivity index (χ1v) is 10.8. The SMILES string of the molecule is COC[C@H](C)NC(=O)[C@@H](Cc1ccccc1)NS(=O)(=O)c1cc(C)ccc1OC. The molecule has 2 rings (SSSR count). The van der Waals surface area contributed by atoms with Gasteiger partial charge in [0, 0.05) is 13.2 Å². The van der Waals surface area contributed by atoms with E-state index in [4.69, 9.17) is 9.47 Å². The molecule has 0 aliphatic rings. The zero-order valence-electron chi connectivity index (χ0n) is 17.1. The first-order chi connectivity index (χ1) is 13.8. The average Bonchev–Trinajstić information content (AvgIpc) is 2.68. The molecule has 0 unspecified atom stereocenters. The van der Waals surface area contributed by atoms with Gasteiger partial charge in [-0.15, -0.1) is 0 Å². The molecule has 0 saturated carbocycles. The number of ether oxygens (including phenoxy) is 2. The topological polar surface area (TPSA) is 93.7 Å². The van der Waals surface area contributed by atoms with Crippen molar-refractivity contribution in [2.75, 3.05) is 20.8 Å². The smallest absolute Gasteiger partial charge is 0.244 e. The molecule has 2 N–H and O–H groups in total. The fraction of sp³-hybridized carbons (Fsp3) is 0.381. The molecule has 0 saturated heterocycles. The van der Waals surface area contributed by atoms with Crippen LogP contribution >= 0.6 is 0 Å². The summed E-state index contributed by atoms with van der Waals surface area (Å²) in [6.45, 7) is 3.90. The van der Waals surface area contributed by atoms with Crippen molar-refractivity contribution in [1.82, 2.24) is 10.0 Å². The zero-order valence-corrected chi connectivity index (χ0v) is 18.0. The molecule has 7 nitrogen and oxygen atoms in total. The van der Waals surface area contributed by atoms with Crippen molar-refractivity contribution in [2.45, 2.75) is 37.2 Å². The number of nitrogens with one attached hydrogen (secondary N) is 2. The highest BCUT2D eigenvalue weighted by atomic mass is 32.2. The molecule has 0 spiro atoms. The minimum absolute atomic E-state index is 0.00389. The van der Waals surface area contributed by atoms with E-state index in [0.717, 1.165) is 11.1 Å². The number of methoxy groups -OCH3 is 2. The van der Waals surface area contributed by atoms with E-state index in [0.29, 0.717) is 6.61 Å². The van der Waals surface area contributed by atoms with Crippen LogP contribution in [-0.4, -0.2) is 47.2 Å². The van der Waals surface area contributed by atoms with E-state index in [9.17, 15) is 13.2 Å². The van der Waals surface area contributed by atoms with Gasteiger partial charge in [-0.05, 0) is 43.5 Å². The molecule has 2 atom stereocenters. The largest absolute Gasteiger partial charge is 0.495 e. The van der Waals surface area contributed by atoms with Crippen LogP contribution in [0.15, 0.2) is 53.4 Å². The maximum Gasteiger partial charge on any atom is 0.244 e. The summed E-state index contributed by atoms with van der Waals surface area (Å²) in [7, 11) is -1.06. The van der Waals surface area contributed by atoms with Gasteiger partial charge in [0.15, 0.2) is 0 Å². The fourth-order valence-corrected chi connectivity index (χ4v) is 4.37. The molecule has 0 aliphatic heterocycles. The highest BCUT2D eigenvalue weighted by Gasteiger charge is 2.29. The van der Waals surface area contributed by atoms with Gasteiger partial charge in [-0.3, -0.25) is 4.79 Å². The Morgan fingerprint density at radius 1 is 1.10 bits per heavy atom. The Hall–Kier alpha value is -2.42. The third-order valence-electron chi connectivity index (χ3n) is 4.31. The van der Waals surface area contributed by atoms with Crippen LogP contribution in [0.5, 0.6) is 5.75 Å². The van der Waals surface area contributed by atoms with Crippen LogP contribution in [0.3, 0.4) is 0 Å².